The van der Waals surface area contributed by atoms with Crippen molar-refractivity contribution in [3.05, 3.63) is 12.2 Å². The molecule has 1 N–H and O–H groups in total. The highest BCUT2D eigenvalue weighted by atomic mass is 16.1. The number of carbonyl (C=O) groups excluding carboxylic acids is 1. The van der Waals surface area contributed by atoms with Crippen LogP contribution < -0.4 is 5.32 Å². The minimum Gasteiger partial charge on any atom is -0.317 e. The highest BCUT2D eigenvalue weighted by Crippen LogP contribution is 2.10. The van der Waals surface area contributed by atoms with Gasteiger partial charge in [0.1, 0.15) is 5.78 Å². The fourth-order valence-corrected chi connectivity index (χ4v) is 3.23. The van der Waals surface area contributed by atoms with Crippen LogP contribution in [0.4, 0.5) is 0 Å². The van der Waals surface area contributed by atoms with Gasteiger partial charge in [-0.3, -0.25) is 4.79 Å². The third kappa shape index (κ3) is 21.4. The van der Waals surface area contributed by atoms with Gasteiger partial charge in [0, 0.05) is 12.8 Å². The van der Waals surface area contributed by atoms with Crippen LogP contribution >= 0.6 is 0 Å². The maximum absolute atomic E-state index is 11.8. The number of ketones is 1. The number of hydrogen-bond acceptors (Lipinski definition) is 2. The molecule has 0 saturated carbocycles. The molecular formula is C24H47NO. The Hall–Kier alpha value is -0.630. The van der Waals surface area contributed by atoms with Gasteiger partial charge in [0.05, 0.1) is 0 Å². The molecule has 0 aliphatic heterocycles. The van der Waals surface area contributed by atoms with E-state index in [0.717, 1.165) is 38.8 Å². The van der Waals surface area contributed by atoms with Crippen LogP contribution in [-0.4, -0.2) is 18.9 Å². The third-order valence-corrected chi connectivity index (χ3v) is 4.95. The van der Waals surface area contributed by atoms with E-state index in [1.165, 1.54) is 83.5 Å². The van der Waals surface area contributed by atoms with Crippen molar-refractivity contribution in [3.63, 3.8) is 0 Å². The summed E-state index contributed by atoms with van der Waals surface area (Å²) in [6.07, 6.45) is 25.6. The monoisotopic (exact) mass is 365 g/mol. The summed E-state index contributed by atoms with van der Waals surface area (Å²) < 4.78 is 0. The van der Waals surface area contributed by atoms with E-state index in [-0.39, 0.29) is 0 Å². The van der Waals surface area contributed by atoms with Crippen molar-refractivity contribution in [2.75, 3.05) is 13.1 Å². The summed E-state index contributed by atoms with van der Waals surface area (Å²) in [6, 6.07) is 0. The zero-order valence-corrected chi connectivity index (χ0v) is 18.0. The Kier molecular flexibility index (Phi) is 21.9. The molecule has 0 aromatic rings. The number of nitrogens with one attached hydrogen (secondary N) is 1. The Morgan fingerprint density at radius 2 is 1.15 bits per heavy atom. The molecule has 0 saturated heterocycles. The van der Waals surface area contributed by atoms with Crippen molar-refractivity contribution in [2.24, 2.45) is 0 Å². The second-order valence-electron chi connectivity index (χ2n) is 7.73. The summed E-state index contributed by atoms with van der Waals surface area (Å²) >= 11 is 0. The minimum atomic E-state index is 0.459. The second-order valence-corrected chi connectivity index (χ2v) is 7.73. The Balaban J connectivity index is 3.18. The van der Waals surface area contributed by atoms with E-state index in [4.69, 9.17) is 0 Å². The average Bonchev–Trinajstić information content (AvgIpc) is 2.64. The number of allylic oxidation sites excluding steroid dienone is 2. The summed E-state index contributed by atoms with van der Waals surface area (Å²) in [5, 5.41) is 3.35. The van der Waals surface area contributed by atoms with Crippen LogP contribution in [0.25, 0.3) is 0 Å². The van der Waals surface area contributed by atoms with Gasteiger partial charge in [-0.1, -0.05) is 77.4 Å². The zero-order valence-electron chi connectivity index (χ0n) is 18.0. The van der Waals surface area contributed by atoms with Crippen molar-refractivity contribution >= 4 is 5.78 Å². The van der Waals surface area contributed by atoms with Crippen molar-refractivity contribution < 1.29 is 4.79 Å². The van der Waals surface area contributed by atoms with Crippen LogP contribution in [-0.2, 0) is 4.79 Å². The van der Waals surface area contributed by atoms with Crippen LogP contribution in [0.3, 0.4) is 0 Å². The van der Waals surface area contributed by atoms with Crippen molar-refractivity contribution in [2.45, 2.75) is 123 Å². The van der Waals surface area contributed by atoms with Crippen LogP contribution in [0, 0.1) is 0 Å². The maximum atomic E-state index is 11.8. The summed E-state index contributed by atoms with van der Waals surface area (Å²) in [5.74, 6) is 0.459. The molecule has 2 heteroatoms. The van der Waals surface area contributed by atoms with Crippen molar-refractivity contribution in [1.29, 1.82) is 0 Å². The van der Waals surface area contributed by atoms with E-state index in [0.29, 0.717) is 5.78 Å². The molecular weight excluding hydrogens is 318 g/mol. The van der Waals surface area contributed by atoms with Gasteiger partial charge in [-0.2, -0.15) is 0 Å². The lowest BCUT2D eigenvalue weighted by Crippen LogP contribution is -2.16. The first kappa shape index (κ1) is 25.4. The Bertz CT molecular complexity index is 311. The van der Waals surface area contributed by atoms with Crippen molar-refractivity contribution in [3.8, 4) is 0 Å². The first-order valence-electron chi connectivity index (χ1n) is 11.7. The predicted molar refractivity (Wildman–Crippen MR) is 117 cm³/mol. The zero-order chi connectivity index (χ0) is 19.1. The molecule has 0 fully saturated rings. The molecule has 0 amide bonds. The molecule has 0 aromatic heterocycles. The van der Waals surface area contributed by atoms with E-state index in [9.17, 15) is 4.79 Å². The molecule has 0 radical (unpaired) electrons. The summed E-state index contributed by atoms with van der Waals surface area (Å²) in [4.78, 5) is 11.8. The van der Waals surface area contributed by atoms with Crippen LogP contribution in [0.5, 0.6) is 0 Å². The molecule has 0 heterocycles. The first-order valence-corrected chi connectivity index (χ1v) is 11.7. The molecule has 0 atom stereocenters. The van der Waals surface area contributed by atoms with Gasteiger partial charge in [0.2, 0.25) is 0 Å². The van der Waals surface area contributed by atoms with Crippen LogP contribution in [0.1, 0.15) is 123 Å². The van der Waals surface area contributed by atoms with E-state index in [1.807, 2.05) is 0 Å². The van der Waals surface area contributed by atoms with Crippen molar-refractivity contribution in [1.82, 2.24) is 5.32 Å². The standard InChI is InChI=1S/C24H47NO/c1-3-5-6-7-8-9-10-11-12-13-14-15-16-17-18-20-24(26)21-19-23-25-22-4-2/h11-12,25H,3-10,13-23H2,1-2H3/b12-11-. The summed E-state index contributed by atoms with van der Waals surface area (Å²) in [5.41, 5.74) is 0. The lowest BCUT2D eigenvalue weighted by molar-refractivity contribution is -0.119. The van der Waals surface area contributed by atoms with E-state index >= 15 is 0 Å². The van der Waals surface area contributed by atoms with E-state index in [2.05, 4.69) is 31.3 Å². The quantitative estimate of drug-likeness (QED) is 0.170. The lowest BCUT2D eigenvalue weighted by atomic mass is 10.0. The molecule has 0 unspecified atom stereocenters. The lowest BCUT2D eigenvalue weighted by Gasteiger charge is -2.03. The summed E-state index contributed by atoms with van der Waals surface area (Å²) in [6.45, 7) is 6.51. The molecule has 0 aliphatic carbocycles. The molecule has 0 aromatic carbocycles. The third-order valence-electron chi connectivity index (χ3n) is 4.95. The van der Waals surface area contributed by atoms with E-state index < -0.39 is 0 Å². The predicted octanol–water partition coefficient (Wildman–Crippen LogP) is 7.37. The average molecular weight is 366 g/mol. The smallest absolute Gasteiger partial charge is 0.132 e. The Morgan fingerprint density at radius 1 is 0.615 bits per heavy atom. The van der Waals surface area contributed by atoms with Gasteiger partial charge in [-0.25, -0.2) is 0 Å². The van der Waals surface area contributed by atoms with Gasteiger partial charge in [0.15, 0.2) is 0 Å². The molecule has 0 bridgehead atoms. The number of unbranched alkanes of at least 4 members (excludes halogenated alkanes) is 11. The SMILES string of the molecule is CCCCCCCC/C=C\CCCCCCCC(=O)CCCNCCC. The van der Waals surface area contributed by atoms with Gasteiger partial charge in [0.25, 0.3) is 0 Å². The van der Waals surface area contributed by atoms with Gasteiger partial charge >= 0.3 is 0 Å². The molecule has 0 aliphatic rings. The minimum absolute atomic E-state index is 0.459. The number of Topliss-reactive ketones (excluding diaryl/α,β-unsaturated/α-hetero) is 1. The summed E-state index contributed by atoms with van der Waals surface area (Å²) in [7, 11) is 0. The molecule has 154 valence electrons. The van der Waals surface area contributed by atoms with Gasteiger partial charge < -0.3 is 5.32 Å². The van der Waals surface area contributed by atoms with E-state index in [1.54, 1.807) is 0 Å². The highest BCUT2D eigenvalue weighted by molar-refractivity contribution is 5.78. The highest BCUT2D eigenvalue weighted by Gasteiger charge is 2.01. The Labute approximate surface area is 164 Å². The van der Waals surface area contributed by atoms with Gasteiger partial charge in [-0.05, 0) is 58.0 Å². The molecule has 0 rings (SSSR count). The topological polar surface area (TPSA) is 29.1 Å². The molecule has 0 spiro atoms. The fourth-order valence-electron chi connectivity index (χ4n) is 3.23. The van der Waals surface area contributed by atoms with Gasteiger partial charge in [-0.15, -0.1) is 0 Å². The Morgan fingerprint density at radius 3 is 1.77 bits per heavy atom. The number of rotatable bonds is 21. The fraction of sp³-hybridized carbons (Fsp3) is 0.875. The normalized spacial score (nSPS) is 11.5. The maximum Gasteiger partial charge on any atom is 0.132 e. The first-order chi connectivity index (χ1) is 12.8. The van der Waals surface area contributed by atoms with Crippen LogP contribution in [0.15, 0.2) is 12.2 Å². The molecule has 26 heavy (non-hydrogen) atoms. The second kappa shape index (κ2) is 22.4. The largest absolute Gasteiger partial charge is 0.317 e. The number of carbonyl (C=O) groups is 1. The molecule has 2 nitrogen and oxygen atoms in total. The number of hydrogen-bond donors (Lipinski definition) is 1. The van der Waals surface area contributed by atoms with Crippen LogP contribution in [0.2, 0.25) is 0 Å².